The molecule has 0 aliphatic heterocycles. The first-order valence-corrected chi connectivity index (χ1v) is 7.85. The van der Waals surface area contributed by atoms with Crippen molar-refractivity contribution in [3.05, 3.63) is 47.7 Å². The predicted molar refractivity (Wildman–Crippen MR) is 92.4 cm³/mol. The van der Waals surface area contributed by atoms with Gasteiger partial charge < -0.3 is 9.80 Å². The lowest BCUT2D eigenvalue weighted by molar-refractivity contribution is 0.411. The average molecular weight is 328 g/mol. The molecule has 0 radical (unpaired) electrons. The number of fused-ring (bicyclic) bond motifs is 1. The number of H-pyrrole nitrogens is 1. The van der Waals surface area contributed by atoms with E-state index < -0.39 is 0 Å². The van der Waals surface area contributed by atoms with Gasteiger partial charge in [0.1, 0.15) is 18.0 Å². The van der Waals surface area contributed by atoms with Gasteiger partial charge in [-0.3, -0.25) is 5.10 Å². The summed E-state index contributed by atoms with van der Waals surface area (Å²) in [4.78, 5) is 12.8. The van der Waals surface area contributed by atoms with Crippen LogP contribution in [0.25, 0.3) is 11.0 Å². The second-order valence-electron chi connectivity index (χ2n) is 6.06. The molecule has 0 atom stereocenters. The van der Waals surface area contributed by atoms with Gasteiger partial charge in [0.25, 0.3) is 0 Å². The number of nitrogens with one attached hydrogen (secondary N) is 1. The van der Waals surface area contributed by atoms with Gasteiger partial charge in [-0.15, -0.1) is 0 Å². The van der Waals surface area contributed by atoms with Crippen LogP contribution in [0.3, 0.4) is 0 Å². The largest absolute Gasteiger partial charge is 0.350 e. The van der Waals surface area contributed by atoms with Gasteiger partial charge in [0, 0.05) is 30.9 Å². The zero-order chi connectivity index (χ0) is 17.1. The van der Waals surface area contributed by atoms with Crippen molar-refractivity contribution in [1.82, 2.24) is 25.1 Å². The molecule has 3 rings (SSSR count). The summed E-state index contributed by atoms with van der Waals surface area (Å²) in [6, 6.07) is 6.84. The van der Waals surface area contributed by atoms with Crippen LogP contribution in [-0.4, -0.2) is 52.3 Å². The van der Waals surface area contributed by atoms with Crippen LogP contribution in [0, 0.1) is 12.7 Å². The molecule has 24 heavy (non-hydrogen) atoms. The highest BCUT2D eigenvalue weighted by atomic mass is 19.1. The number of halogens is 1. The molecule has 0 saturated heterocycles. The molecule has 1 N–H and O–H groups in total. The van der Waals surface area contributed by atoms with E-state index in [4.69, 9.17) is 0 Å². The summed E-state index contributed by atoms with van der Waals surface area (Å²) >= 11 is 0. The highest BCUT2D eigenvalue weighted by Crippen LogP contribution is 2.26. The fourth-order valence-corrected chi connectivity index (χ4v) is 2.63. The van der Waals surface area contributed by atoms with E-state index in [2.05, 4.69) is 30.0 Å². The lowest BCUT2D eigenvalue weighted by Crippen LogP contribution is -2.32. The van der Waals surface area contributed by atoms with E-state index in [-0.39, 0.29) is 5.82 Å². The third-order valence-electron chi connectivity index (χ3n) is 3.95. The number of likely N-dealkylation sites (N-methyl/N-ethyl adjacent to an activating group) is 1. The molecule has 0 unspecified atom stereocenters. The lowest BCUT2D eigenvalue weighted by Gasteiger charge is -2.26. The van der Waals surface area contributed by atoms with Crippen molar-refractivity contribution >= 4 is 16.9 Å². The Hall–Kier alpha value is -2.54. The van der Waals surface area contributed by atoms with E-state index >= 15 is 0 Å². The van der Waals surface area contributed by atoms with Crippen LogP contribution in [-0.2, 0) is 6.54 Å². The molecule has 0 aliphatic carbocycles. The smallest absolute Gasteiger partial charge is 0.186 e. The van der Waals surface area contributed by atoms with Gasteiger partial charge in [-0.25, -0.2) is 14.4 Å². The van der Waals surface area contributed by atoms with Crippen LogP contribution in [0.4, 0.5) is 10.2 Å². The maximum absolute atomic E-state index is 14.1. The molecular weight excluding hydrogens is 307 g/mol. The zero-order valence-corrected chi connectivity index (χ0v) is 14.1. The van der Waals surface area contributed by atoms with E-state index in [1.54, 1.807) is 12.1 Å². The number of hydrogen-bond donors (Lipinski definition) is 1. The molecule has 0 amide bonds. The summed E-state index contributed by atoms with van der Waals surface area (Å²) in [6.07, 6.45) is 1.50. The number of benzene rings is 1. The van der Waals surface area contributed by atoms with Gasteiger partial charge in [0.2, 0.25) is 0 Å². The molecule has 7 heteroatoms. The monoisotopic (exact) mass is 328 g/mol. The lowest BCUT2D eigenvalue weighted by atomic mass is 10.2. The molecule has 2 heterocycles. The molecule has 6 nitrogen and oxygen atoms in total. The minimum atomic E-state index is -0.207. The summed E-state index contributed by atoms with van der Waals surface area (Å²) < 4.78 is 14.1. The topological polar surface area (TPSA) is 60.9 Å². The molecule has 0 aliphatic rings. The molecule has 1 aromatic carbocycles. The summed E-state index contributed by atoms with van der Waals surface area (Å²) in [7, 11) is 4.03. The number of aromatic amines is 1. The van der Waals surface area contributed by atoms with Crippen LogP contribution >= 0.6 is 0 Å². The third-order valence-corrected chi connectivity index (χ3v) is 3.95. The Morgan fingerprint density at radius 3 is 2.67 bits per heavy atom. The molecule has 2 aromatic heterocycles. The number of anilines is 1. The molecular formula is C17H21FN6. The van der Waals surface area contributed by atoms with Gasteiger partial charge >= 0.3 is 0 Å². The van der Waals surface area contributed by atoms with Crippen molar-refractivity contribution < 1.29 is 4.39 Å². The summed E-state index contributed by atoms with van der Waals surface area (Å²) in [6.45, 7) is 3.93. The highest BCUT2D eigenvalue weighted by Gasteiger charge is 2.18. The third kappa shape index (κ3) is 3.35. The highest BCUT2D eigenvalue weighted by molar-refractivity contribution is 5.89. The van der Waals surface area contributed by atoms with Crippen LogP contribution < -0.4 is 4.90 Å². The van der Waals surface area contributed by atoms with Crippen molar-refractivity contribution in [2.45, 2.75) is 13.5 Å². The number of aryl methyl sites for hydroxylation is 1. The van der Waals surface area contributed by atoms with E-state index in [9.17, 15) is 4.39 Å². The van der Waals surface area contributed by atoms with Crippen LogP contribution in [0.2, 0.25) is 0 Å². The van der Waals surface area contributed by atoms with Crippen LogP contribution in [0.5, 0.6) is 0 Å². The first-order chi connectivity index (χ1) is 11.6. The number of hydrogen-bond acceptors (Lipinski definition) is 5. The molecule has 0 fully saturated rings. The molecule has 0 bridgehead atoms. The summed E-state index contributed by atoms with van der Waals surface area (Å²) in [5.41, 5.74) is 2.18. The van der Waals surface area contributed by atoms with Crippen molar-refractivity contribution in [2.75, 3.05) is 32.1 Å². The van der Waals surface area contributed by atoms with Crippen molar-refractivity contribution in [3.8, 4) is 0 Å². The van der Waals surface area contributed by atoms with Gasteiger partial charge in [-0.1, -0.05) is 18.2 Å². The Bertz CT molecular complexity index is 829. The average Bonchev–Trinajstić information content (AvgIpc) is 2.94. The molecule has 3 aromatic rings. The second-order valence-corrected chi connectivity index (χ2v) is 6.06. The maximum atomic E-state index is 14.1. The van der Waals surface area contributed by atoms with Gasteiger partial charge in [-0.05, 0) is 27.1 Å². The molecule has 0 spiro atoms. The molecule has 126 valence electrons. The zero-order valence-electron chi connectivity index (χ0n) is 14.1. The first kappa shape index (κ1) is 16.3. The molecule has 0 saturated carbocycles. The Balaban J connectivity index is 2.00. The summed E-state index contributed by atoms with van der Waals surface area (Å²) in [5, 5.41) is 8.02. The number of rotatable bonds is 6. The summed E-state index contributed by atoms with van der Waals surface area (Å²) in [5.74, 6) is 0.568. The fourth-order valence-electron chi connectivity index (χ4n) is 2.63. The Labute approximate surface area is 140 Å². The van der Waals surface area contributed by atoms with Crippen molar-refractivity contribution in [1.29, 1.82) is 0 Å². The Morgan fingerprint density at radius 2 is 1.92 bits per heavy atom. The minimum absolute atomic E-state index is 0.207. The quantitative estimate of drug-likeness (QED) is 0.753. The van der Waals surface area contributed by atoms with Gasteiger partial charge in [0.15, 0.2) is 5.65 Å². The first-order valence-electron chi connectivity index (χ1n) is 7.85. The standard InChI is InChI=1S/C17H21FN6/c1-12-15-16(22-21-12)19-11-20-17(15)24(9-8-23(2)3)10-13-6-4-5-7-14(13)18/h4-7,11H,8-10H2,1-3H3,(H,19,20,21,22). The van der Waals surface area contributed by atoms with E-state index in [1.165, 1.54) is 12.4 Å². The van der Waals surface area contributed by atoms with E-state index in [0.717, 1.165) is 30.0 Å². The van der Waals surface area contributed by atoms with Gasteiger partial charge in [-0.2, -0.15) is 5.10 Å². The van der Waals surface area contributed by atoms with Crippen molar-refractivity contribution in [3.63, 3.8) is 0 Å². The maximum Gasteiger partial charge on any atom is 0.186 e. The normalized spacial score (nSPS) is 11.4. The predicted octanol–water partition coefficient (Wildman–Crippen LogP) is 2.37. The second kappa shape index (κ2) is 6.92. The van der Waals surface area contributed by atoms with E-state index in [0.29, 0.717) is 17.8 Å². The Morgan fingerprint density at radius 1 is 1.12 bits per heavy atom. The van der Waals surface area contributed by atoms with E-state index in [1.807, 2.05) is 27.1 Å². The van der Waals surface area contributed by atoms with Crippen LogP contribution in [0.15, 0.2) is 30.6 Å². The number of nitrogens with zero attached hydrogens (tertiary/aromatic N) is 5. The van der Waals surface area contributed by atoms with Crippen LogP contribution in [0.1, 0.15) is 11.3 Å². The van der Waals surface area contributed by atoms with Crippen molar-refractivity contribution in [2.24, 2.45) is 0 Å². The van der Waals surface area contributed by atoms with Gasteiger partial charge in [0.05, 0.1) is 5.39 Å². The Kier molecular flexibility index (Phi) is 4.71. The minimum Gasteiger partial charge on any atom is -0.350 e. The SMILES string of the molecule is Cc1[nH]nc2ncnc(N(CCN(C)C)Cc3ccccc3F)c12. The number of aromatic nitrogens is 4. The fraction of sp³-hybridized carbons (Fsp3) is 0.353.